The lowest BCUT2D eigenvalue weighted by Gasteiger charge is -2.06. The highest BCUT2D eigenvalue weighted by molar-refractivity contribution is 6.07. The molecule has 0 atom stereocenters. The molecule has 7 heteroatoms. The minimum Gasteiger partial charge on any atom is -0.504 e. The van der Waals surface area contributed by atoms with Crippen LogP contribution in [0.25, 0.3) is 0 Å². The molecule has 92 valence electrons. The Labute approximate surface area is 93.2 Å². The van der Waals surface area contributed by atoms with Gasteiger partial charge in [0.05, 0.1) is 0 Å². The largest absolute Gasteiger partial charge is 0.504 e. The van der Waals surface area contributed by atoms with Crippen LogP contribution in [-0.2, 0) is 0 Å². The van der Waals surface area contributed by atoms with Gasteiger partial charge in [-0.05, 0) is 6.92 Å². The summed E-state index contributed by atoms with van der Waals surface area (Å²) in [6, 6.07) is 0. The maximum absolute atomic E-state index is 13.2. The molecule has 1 aromatic carbocycles. The highest BCUT2D eigenvalue weighted by Crippen LogP contribution is 2.29. The molecule has 0 amide bonds. The Morgan fingerprint density at radius 1 is 1.12 bits per heavy atom. The Morgan fingerprint density at radius 2 is 1.59 bits per heavy atom. The molecule has 3 nitrogen and oxygen atoms in total. The predicted octanol–water partition coefficient (Wildman–Crippen LogP) is 1.99. The Kier molecular flexibility index (Phi) is 3.40. The third-order valence-corrected chi connectivity index (χ3v) is 1.85. The van der Waals surface area contributed by atoms with E-state index in [2.05, 4.69) is 0 Å². The molecule has 0 aliphatic carbocycles. The zero-order valence-electron chi connectivity index (χ0n) is 8.52. The van der Waals surface area contributed by atoms with E-state index in [-0.39, 0.29) is 5.70 Å². The summed E-state index contributed by atoms with van der Waals surface area (Å²) in [5.74, 6) is -11.2. The zero-order valence-corrected chi connectivity index (χ0v) is 8.52. The smallest absolute Gasteiger partial charge is 0.204 e. The number of allylic oxidation sites excluding steroid dienone is 2. The van der Waals surface area contributed by atoms with Crippen LogP contribution in [0.1, 0.15) is 17.3 Å². The van der Waals surface area contributed by atoms with Gasteiger partial charge in [-0.25, -0.2) is 13.2 Å². The van der Waals surface area contributed by atoms with Gasteiger partial charge in [0.1, 0.15) is 5.56 Å². The summed E-state index contributed by atoms with van der Waals surface area (Å²) in [7, 11) is 0. The van der Waals surface area contributed by atoms with E-state index in [1.165, 1.54) is 6.92 Å². The fourth-order valence-electron chi connectivity index (χ4n) is 1.12. The number of aromatic hydroxyl groups is 1. The van der Waals surface area contributed by atoms with Gasteiger partial charge >= 0.3 is 0 Å². The van der Waals surface area contributed by atoms with Gasteiger partial charge in [0.15, 0.2) is 23.2 Å². The van der Waals surface area contributed by atoms with Gasteiger partial charge in [-0.3, -0.25) is 4.79 Å². The molecule has 3 N–H and O–H groups in total. The summed E-state index contributed by atoms with van der Waals surface area (Å²) >= 11 is 0. The Morgan fingerprint density at radius 3 is 2.06 bits per heavy atom. The van der Waals surface area contributed by atoms with Crippen LogP contribution in [0.2, 0.25) is 0 Å². The average Bonchev–Trinajstić information content (AvgIpc) is 2.23. The van der Waals surface area contributed by atoms with Crippen LogP contribution in [0.15, 0.2) is 11.8 Å². The molecule has 0 aliphatic rings. The maximum Gasteiger partial charge on any atom is 0.204 e. The number of phenols is 1. The maximum atomic E-state index is 13.2. The number of benzene rings is 1. The van der Waals surface area contributed by atoms with Crippen molar-refractivity contribution in [3.63, 3.8) is 0 Å². The van der Waals surface area contributed by atoms with Crippen molar-refractivity contribution in [2.75, 3.05) is 0 Å². The fourth-order valence-corrected chi connectivity index (χ4v) is 1.12. The first kappa shape index (κ1) is 13.0. The first-order valence-electron chi connectivity index (χ1n) is 4.30. The fraction of sp³-hybridized carbons (Fsp3) is 0.100. The van der Waals surface area contributed by atoms with E-state index < -0.39 is 40.4 Å². The van der Waals surface area contributed by atoms with E-state index in [1.807, 2.05) is 0 Å². The molecule has 0 saturated heterocycles. The molecule has 17 heavy (non-hydrogen) atoms. The van der Waals surface area contributed by atoms with E-state index in [9.17, 15) is 22.4 Å². The summed E-state index contributed by atoms with van der Waals surface area (Å²) in [4.78, 5) is 11.3. The van der Waals surface area contributed by atoms with E-state index in [4.69, 9.17) is 10.8 Å². The highest BCUT2D eigenvalue weighted by atomic mass is 19.2. The van der Waals surface area contributed by atoms with E-state index >= 15 is 0 Å². The van der Waals surface area contributed by atoms with Crippen LogP contribution in [0.5, 0.6) is 5.75 Å². The quantitative estimate of drug-likeness (QED) is 0.277. The summed E-state index contributed by atoms with van der Waals surface area (Å²) in [6.45, 7) is 1.27. The number of halogens is 4. The van der Waals surface area contributed by atoms with Crippen LogP contribution in [0.4, 0.5) is 17.6 Å². The number of phenolic OH excluding ortho intramolecular Hbond substituents is 1. The van der Waals surface area contributed by atoms with Crippen molar-refractivity contribution >= 4 is 5.78 Å². The minimum atomic E-state index is -2.19. The van der Waals surface area contributed by atoms with Gasteiger partial charge in [0.25, 0.3) is 0 Å². The van der Waals surface area contributed by atoms with Crippen LogP contribution in [0, 0.1) is 23.3 Å². The molecule has 1 aromatic rings. The lowest BCUT2D eigenvalue weighted by atomic mass is 10.1. The number of carbonyl (C=O) groups excluding carboxylic acids is 1. The summed E-state index contributed by atoms with van der Waals surface area (Å²) < 4.78 is 51.5. The van der Waals surface area contributed by atoms with Crippen molar-refractivity contribution in [1.29, 1.82) is 0 Å². The topological polar surface area (TPSA) is 63.3 Å². The molecule has 0 heterocycles. The molecular weight excluding hydrogens is 242 g/mol. The van der Waals surface area contributed by atoms with Crippen molar-refractivity contribution in [3.05, 3.63) is 40.6 Å². The number of nitrogens with two attached hydrogens (primary N) is 1. The standard InChI is InChI=1S/C10H7F4NO2/c1-3(15)2-4(16)5-6(11)7(12)8(13)9(14)10(5)17/h2,17H,15H2,1H3. The molecule has 0 aliphatic heterocycles. The second kappa shape index (κ2) is 4.44. The van der Waals surface area contributed by atoms with Crippen molar-refractivity contribution < 1.29 is 27.5 Å². The van der Waals surface area contributed by atoms with Gasteiger partial charge in [-0.1, -0.05) is 0 Å². The lowest BCUT2D eigenvalue weighted by Crippen LogP contribution is -2.08. The Balaban J connectivity index is 3.55. The van der Waals surface area contributed by atoms with E-state index in [1.54, 1.807) is 0 Å². The number of hydrogen-bond acceptors (Lipinski definition) is 3. The molecular formula is C10H7F4NO2. The molecule has 0 saturated carbocycles. The molecule has 0 unspecified atom stereocenters. The first-order chi connectivity index (χ1) is 7.77. The molecule has 0 radical (unpaired) electrons. The summed E-state index contributed by atoms with van der Waals surface area (Å²) in [5.41, 5.74) is 3.74. The second-order valence-corrected chi connectivity index (χ2v) is 3.23. The predicted molar refractivity (Wildman–Crippen MR) is 50.2 cm³/mol. The number of ketones is 1. The van der Waals surface area contributed by atoms with Gasteiger partial charge in [-0.15, -0.1) is 0 Å². The SMILES string of the molecule is CC(N)=CC(=O)c1c(O)c(F)c(F)c(F)c1F. The number of hydrogen-bond donors (Lipinski definition) is 2. The molecule has 1 rings (SSSR count). The number of carbonyl (C=O) groups is 1. The molecule has 0 bridgehead atoms. The minimum absolute atomic E-state index is 0.0704. The van der Waals surface area contributed by atoms with Gasteiger partial charge in [0, 0.05) is 11.8 Å². The van der Waals surface area contributed by atoms with E-state index in [0.29, 0.717) is 6.08 Å². The lowest BCUT2D eigenvalue weighted by molar-refractivity contribution is 0.103. The summed E-state index contributed by atoms with van der Waals surface area (Å²) in [6.07, 6.45) is 0.648. The van der Waals surface area contributed by atoms with Crippen LogP contribution < -0.4 is 5.73 Å². The Hall–Kier alpha value is -2.05. The molecule has 0 fully saturated rings. The van der Waals surface area contributed by atoms with Crippen molar-refractivity contribution in [3.8, 4) is 5.75 Å². The second-order valence-electron chi connectivity index (χ2n) is 3.23. The third-order valence-electron chi connectivity index (χ3n) is 1.85. The van der Waals surface area contributed by atoms with Crippen molar-refractivity contribution in [2.24, 2.45) is 5.73 Å². The van der Waals surface area contributed by atoms with Gasteiger partial charge in [-0.2, -0.15) is 4.39 Å². The van der Waals surface area contributed by atoms with Gasteiger partial charge < -0.3 is 10.8 Å². The van der Waals surface area contributed by atoms with Crippen LogP contribution >= 0.6 is 0 Å². The first-order valence-corrected chi connectivity index (χ1v) is 4.30. The van der Waals surface area contributed by atoms with Gasteiger partial charge in [0.2, 0.25) is 11.6 Å². The Bertz CT molecular complexity index is 493. The average molecular weight is 249 g/mol. The monoisotopic (exact) mass is 249 g/mol. The number of rotatable bonds is 2. The van der Waals surface area contributed by atoms with Crippen molar-refractivity contribution in [1.82, 2.24) is 0 Å². The summed E-state index contributed by atoms with van der Waals surface area (Å²) in [5, 5.41) is 9.05. The zero-order chi connectivity index (χ0) is 13.3. The molecule has 0 aromatic heterocycles. The third kappa shape index (κ3) is 2.22. The highest BCUT2D eigenvalue weighted by Gasteiger charge is 2.28. The van der Waals surface area contributed by atoms with E-state index in [0.717, 1.165) is 0 Å². The molecule has 0 spiro atoms. The normalized spacial score (nSPS) is 11.7. The van der Waals surface area contributed by atoms with Crippen LogP contribution in [0.3, 0.4) is 0 Å². The van der Waals surface area contributed by atoms with Crippen LogP contribution in [-0.4, -0.2) is 10.9 Å². The van der Waals surface area contributed by atoms with Crippen molar-refractivity contribution in [2.45, 2.75) is 6.92 Å².